The lowest BCUT2D eigenvalue weighted by molar-refractivity contribution is -0.137. The average Bonchev–Trinajstić information content (AvgIpc) is 2.77. The smallest absolute Gasteiger partial charge is 0.416 e. The first-order chi connectivity index (χ1) is 8.86. The number of benzene rings is 1. The standard InChI is InChI=1S/C12H13F3N2O2/c13-12(14,15)8-2-1-3-9(6-8)16-10-4-5-17(7-10)11(18)19/h1-3,6,10,16H,4-5,7H2,(H,18,19). The van der Waals surface area contributed by atoms with E-state index in [1.807, 2.05) is 0 Å². The summed E-state index contributed by atoms with van der Waals surface area (Å²) in [6.45, 7) is 0.678. The molecule has 1 heterocycles. The molecule has 0 radical (unpaired) electrons. The van der Waals surface area contributed by atoms with Gasteiger partial charge < -0.3 is 15.3 Å². The summed E-state index contributed by atoms with van der Waals surface area (Å²) in [6.07, 6.45) is -4.79. The maximum Gasteiger partial charge on any atom is 0.416 e. The topological polar surface area (TPSA) is 52.6 Å². The molecule has 1 atom stereocenters. The second-order valence-electron chi connectivity index (χ2n) is 4.44. The van der Waals surface area contributed by atoms with Gasteiger partial charge in [0.05, 0.1) is 5.56 Å². The maximum absolute atomic E-state index is 12.5. The van der Waals surface area contributed by atoms with E-state index in [2.05, 4.69) is 5.32 Å². The summed E-state index contributed by atoms with van der Waals surface area (Å²) in [5.74, 6) is 0. The zero-order chi connectivity index (χ0) is 14.0. The Kier molecular flexibility index (Phi) is 3.55. The number of halogens is 3. The largest absolute Gasteiger partial charge is 0.465 e. The number of hydrogen-bond acceptors (Lipinski definition) is 2. The van der Waals surface area contributed by atoms with Crippen molar-refractivity contribution in [1.82, 2.24) is 4.90 Å². The second kappa shape index (κ2) is 4.99. The van der Waals surface area contributed by atoms with E-state index < -0.39 is 17.8 Å². The number of hydrogen-bond donors (Lipinski definition) is 2. The molecule has 1 saturated heterocycles. The van der Waals surface area contributed by atoms with Crippen molar-refractivity contribution < 1.29 is 23.1 Å². The average molecular weight is 274 g/mol. The number of likely N-dealkylation sites (tertiary alicyclic amines) is 1. The molecule has 2 N–H and O–H groups in total. The van der Waals surface area contributed by atoms with Gasteiger partial charge in [-0.05, 0) is 24.6 Å². The summed E-state index contributed by atoms with van der Waals surface area (Å²) < 4.78 is 37.6. The van der Waals surface area contributed by atoms with Gasteiger partial charge in [-0.25, -0.2) is 4.79 Å². The number of carbonyl (C=O) groups is 1. The molecule has 1 fully saturated rings. The lowest BCUT2D eigenvalue weighted by Gasteiger charge is -2.16. The SMILES string of the molecule is O=C(O)N1CCC(Nc2cccc(C(F)(F)F)c2)C1. The lowest BCUT2D eigenvalue weighted by atomic mass is 10.1. The molecule has 1 amide bonds. The van der Waals surface area contributed by atoms with Crippen molar-refractivity contribution >= 4 is 11.8 Å². The Bertz CT molecular complexity index is 476. The van der Waals surface area contributed by atoms with Gasteiger partial charge in [0.2, 0.25) is 0 Å². The van der Waals surface area contributed by atoms with Gasteiger partial charge in [0.1, 0.15) is 0 Å². The van der Waals surface area contributed by atoms with Crippen LogP contribution in [0.15, 0.2) is 24.3 Å². The van der Waals surface area contributed by atoms with Crippen molar-refractivity contribution in [3.05, 3.63) is 29.8 Å². The first-order valence-electron chi connectivity index (χ1n) is 5.78. The highest BCUT2D eigenvalue weighted by molar-refractivity contribution is 5.65. The summed E-state index contributed by atoms with van der Waals surface area (Å²) in [6, 6.07) is 4.75. The van der Waals surface area contributed by atoms with Crippen LogP contribution >= 0.6 is 0 Å². The molecule has 19 heavy (non-hydrogen) atoms. The van der Waals surface area contributed by atoms with Crippen LogP contribution in [0.3, 0.4) is 0 Å². The van der Waals surface area contributed by atoms with Crippen LogP contribution in [0.5, 0.6) is 0 Å². The fourth-order valence-electron chi connectivity index (χ4n) is 2.07. The maximum atomic E-state index is 12.5. The number of rotatable bonds is 2. The van der Waals surface area contributed by atoms with Crippen LogP contribution in [0.4, 0.5) is 23.7 Å². The highest BCUT2D eigenvalue weighted by Gasteiger charge is 2.31. The summed E-state index contributed by atoms with van der Waals surface area (Å²) in [4.78, 5) is 12.0. The number of amides is 1. The van der Waals surface area contributed by atoms with Crippen molar-refractivity contribution in [3.8, 4) is 0 Å². The van der Waals surface area contributed by atoms with Gasteiger partial charge in [0.15, 0.2) is 0 Å². The molecule has 4 nitrogen and oxygen atoms in total. The molecule has 1 aromatic rings. The zero-order valence-electron chi connectivity index (χ0n) is 9.94. The molecule has 0 aromatic heterocycles. The molecular formula is C12H13F3N2O2. The minimum atomic E-state index is -4.37. The Labute approximate surface area is 107 Å². The Morgan fingerprint density at radius 1 is 1.42 bits per heavy atom. The van der Waals surface area contributed by atoms with Crippen LogP contribution < -0.4 is 5.32 Å². The third-order valence-corrected chi connectivity index (χ3v) is 3.02. The van der Waals surface area contributed by atoms with Crippen LogP contribution in [0, 0.1) is 0 Å². The molecule has 0 saturated carbocycles. The van der Waals surface area contributed by atoms with Crippen molar-refractivity contribution in [3.63, 3.8) is 0 Å². The van der Waals surface area contributed by atoms with Crippen LogP contribution in [0.1, 0.15) is 12.0 Å². The molecule has 1 aromatic carbocycles. The molecular weight excluding hydrogens is 261 g/mol. The van der Waals surface area contributed by atoms with Gasteiger partial charge in [-0.1, -0.05) is 6.07 Å². The number of nitrogens with one attached hydrogen (secondary N) is 1. The van der Waals surface area contributed by atoms with Gasteiger partial charge in [0.25, 0.3) is 0 Å². The zero-order valence-corrected chi connectivity index (χ0v) is 9.94. The highest BCUT2D eigenvalue weighted by Crippen LogP contribution is 2.31. The molecule has 0 bridgehead atoms. The van der Waals surface area contributed by atoms with Crippen LogP contribution in [0.25, 0.3) is 0 Å². The van der Waals surface area contributed by atoms with E-state index in [0.29, 0.717) is 18.7 Å². The summed E-state index contributed by atoms with van der Waals surface area (Å²) in [5.41, 5.74) is -0.363. The molecule has 1 unspecified atom stereocenters. The fourth-order valence-corrected chi connectivity index (χ4v) is 2.07. The van der Waals surface area contributed by atoms with E-state index in [-0.39, 0.29) is 12.6 Å². The van der Waals surface area contributed by atoms with Gasteiger partial charge in [-0.2, -0.15) is 13.2 Å². The Hall–Kier alpha value is -1.92. The summed E-state index contributed by atoms with van der Waals surface area (Å²) >= 11 is 0. The van der Waals surface area contributed by atoms with E-state index in [1.54, 1.807) is 6.07 Å². The van der Waals surface area contributed by atoms with E-state index in [4.69, 9.17) is 5.11 Å². The van der Waals surface area contributed by atoms with E-state index in [0.717, 1.165) is 12.1 Å². The van der Waals surface area contributed by atoms with Crippen LogP contribution in [-0.2, 0) is 6.18 Å². The van der Waals surface area contributed by atoms with Crippen molar-refractivity contribution in [2.45, 2.75) is 18.6 Å². The number of nitrogens with zero attached hydrogens (tertiary/aromatic N) is 1. The molecule has 104 valence electrons. The van der Waals surface area contributed by atoms with Crippen molar-refractivity contribution in [1.29, 1.82) is 0 Å². The normalized spacial score (nSPS) is 19.5. The molecule has 1 aliphatic rings. The number of carboxylic acid groups (broad SMARTS) is 1. The van der Waals surface area contributed by atoms with E-state index >= 15 is 0 Å². The fraction of sp³-hybridized carbons (Fsp3) is 0.417. The number of anilines is 1. The Morgan fingerprint density at radius 2 is 2.16 bits per heavy atom. The molecule has 0 spiro atoms. The van der Waals surface area contributed by atoms with Crippen LogP contribution in [0.2, 0.25) is 0 Å². The molecule has 0 aliphatic carbocycles. The van der Waals surface area contributed by atoms with Gasteiger partial charge >= 0.3 is 12.3 Å². The molecule has 1 aliphatic heterocycles. The van der Waals surface area contributed by atoms with E-state index in [9.17, 15) is 18.0 Å². The van der Waals surface area contributed by atoms with Crippen molar-refractivity contribution in [2.24, 2.45) is 0 Å². The minimum Gasteiger partial charge on any atom is -0.465 e. The first kappa shape index (κ1) is 13.5. The highest BCUT2D eigenvalue weighted by atomic mass is 19.4. The summed E-state index contributed by atoms with van der Waals surface area (Å²) in [5, 5.41) is 11.7. The van der Waals surface area contributed by atoms with Crippen LogP contribution in [-0.4, -0.2) is 35.2 Å². The minimum absolute atomic E-state index is 0.153. The van der Waals surface area contributed by atoms with Crippen molar-refractivity contribution in [2.75, 3.05) is 18.4 Å². The molecule has 7 heteroatoms. The third kappa shape index (κ3) is 3.30. The lowest BCUT2D eigenvalue weighted by Crippen LogP contribution is -2.30. The molecule has 2 rings (SSSR count). The Balaban J connectivity index is 2.03. The predicted molar refractivity (Wildman–Crippen MR) is 63.1 cm³/mol. The third-order valence-electron chi connectivity index (χ3n) is 3.02. The quantitative estimate of drug-likeness (QED) is 0.872. The monoisotopic (exact) mass is 274 g/mol. The predicted octanol–water partition coefficient (Wildman–Crippen LogP) is 2.87. The second-order valence-corrected chi connectivity index (χ2v) is 4.44. The first-order valence-corrected chi connectivity index (χ1v) is 5.78. The number of alkyl halides is 3. The van der Waals surface area contributed by atoms with Gasteiger partial charge in [0, 0.05) is 24.8 Å². The Morgan fingerprint density at radius 3 is 2.74 bits per heavy atom. The van der Waals surface area contributed by atoms with Gasteiger partial charge in [-0.15, -0.1) is 0 Å². The van der Waals surface area contributed by atoms with Gasteiger partial charge in [-0.3, -0.25) is 0 Å². The van der Waals surface area contributed by atoms with E-state index in [1.165, 1.54) is 11.0 Å². The summed E-state index contributed by atoms with van der Waals surface area (Å²) in [7, 11) is 0.